The maximum atomic E-state index is 12.1. The number of fused-ring (bicyclic) bond motifs is 1. The highest BCUT2D eigenvalue weighted by Gasteiger charge is 2.29. The van der Waals surface area contributed by atoms with E-state index in [4.69, 9.17) is 10.7 Å². The first kappa shape index (κ1) is 21.5. The highest BCUT2D eigenvalue weighted by molar-refractivity contribution is 9.10. The summed E-state index contributed by atoms with van der Waals surface area (Å²) in [5.41, 5.74) is 9.62. The molecular weight excluding hydrogens is 488 g/mol. The van der Waals surface area contributed by atoms with E-state index >= 15 is 0 Å². The normalized spacial score (nSPS) is 15.8. The maximum absolute atomic E-state index is 12.1. The Kier molecular flexibility index (Phi) is 5.59. The Morgan fingerprint density at radius 3 is 2.67 bits per heavy atom. The summed E-state index contributed by atoms with van der Waals surface area (Å²) in [6.45, 7) is 2.63. The van der Waals surface area contributed by atoms with Crippen LogP contribution in [0.3, 0.4) is 0 Å². The van der Waals surface area contributed by atoms with Crippen LogP contribution < -0.4 is 5.73 Å². The molecule has 0 unspecified atom stereocenters. The molecule has 4 aromatic heterocycles. The van der Waals surface area contributed by atoms with Gasteiger partial charge in [0.25, 0.3) is 5.91 Å². The molecular formula is C22H23BrN8O2. The van der Waals surface area contributed by atoms with Gasteiger partial charge in [0.2, 0.25) is 0 Å². The van der Waals surface area contributed by atoms with Crippen LogP contribution in [0.25, 0.3) is 22.6 Å². The van der Waals surface area contributed by atoms with E-state index in [2.05, 4.69) is 31.1 Å². The minimum atomic E-state index is -0.985. The van der Waals surface area contributed by atoms with Gasteiger partial charge in [-0.2, -0.15) is 14.7 Å². The lowest BCUT2D eigenvalue weighted by molar-refractivity contribution is -0.140. The zero-order valence-corrected chi connectivity index (χ0v) is 19.6. The van der Waals surface area contributed by atoms with Crippen molar-refractivity contribution < 1.29 is 9.90 Å². The molecule has 0 saturated carbocycles. The molecule has 1 saturated heterocycles. The summed E-state index contributed by atoms with van der Waals surface area (Å²) in [4.78, 5) is 23.3. The number of aliphatic hydroxyl groups is 1. The highest BCUT2D eigenvalue weighted by atomic mass is 79.9. The van der Waals surface area contributed by atoms with Gasteiger partial charge in [-0.1, -0.05) is 0 Å². The fraction of sp³-hybridized carbons (Fsp3) is 0.318. The van der Waals surface area contributed by atoms with Crippen molar-refractivity contribution in [1.82, 2.24) is 34.3 Å². The Morgan fingerprint density at radius 2 is 2.03 bits per heavy atom. The molecule has 0 aliphatic carbocycles. The van der Waals surface area contributed by atoms with Crippen LogP contribution in [-0.2, 0) is 4.79 Å². The van der Waals surface area contributed by atoms with Gasteiger partial charge >= 0.3 is 0 Å². The van der Waals surface area contributed by atoms with E-state index in [0.29, 0.717) is 24.6 Å². The fourth-order valence-electron chi connectivity index (χ4n) is 4.21. The summed E-state index contributed by atoms with van der Waals surface area (Å²) in [5.74, 6) is 1.09. The van der Waals surface area contributed by atoms with Crippen molar-refractivity contribution >= 4 is 33.3 Å². The third kappa shape index (κ3) is 3.87. The largest absolute Gasteiger partial charge is 0.384 e. The van der Waals surface area contributed by atoms with Crippen LogP contribution in [0.1, 0.15) is 31.4 Å². The first-order valence-electron chi connectivity index (χ1n) is 10.7. The summed E-state index contributed by atoms with van der Waals surface area (Å²) in [6, 6.07) is 5.70. The Labute approximate surface area is 198 Å². The van der Waals surface area contributed by atoms with E-state index in [0.717, 1.165) is 40.0 Å². The number of nitrogen functional groups attached to an aromatic ring is 1. The molecule has 0 radical (unpaired) electrons. The van der Waals surface area contributed by atoms with Gasteiger partial charge in [0, 0.05) is 48.7 Å². The lowest BCUT2D eigenvalue weighted by Gasteiger charge is -2.33. The average Bonchev–Trinajstić information content (AvgIpc) is 3.51. The molecule has 4 aromatic rings. The molecule has 1 fully saturated rings. The molecule has 3 N–H and O–H groups in total. The quantitative estimate of drug-likeness (QED) is 0.431. The number of piperidine rings is 1. The Morgan fingerprint density at radius 1 is 1.24 bits per heavy atom. The molecule has 33 heavy (non-hydrogen) atoms. The fourth-order valence-corrected chi connectivity index (χ4v) is 4.79. The van der Waals surface area contributed by atoms with E-state index in [1.54, 1.807) is 32.7 Å². The summed E-state index contributed by atoms with van der Waals surface area (Å²) in [5, 5.41) is 18.2. The molecule has 0 aromatic carbocycles. The number of hydrogen-bond donors (Lipinski definition) is 2. The lowest BCUT2D eigenvalue weighted by Crippen LogP contribution is -2.42. The molecule has 1 amide bonds. The number of hydrogen-bond acceptors (Lipinski definition) is 7. The van der Waals surface area contributed by atoms with Crippen molar-refractivity contribution in [2.45, 2.75) is 31.8 Å². The second kappa shape index (κ2) is 8.56. The van der Waals surface area contributed by atoms with Crippen LogP contribution in [0.15, 0.2) is 47.5 Å². The second-order valence-electron chi connectivity index (χ2n) is 8.12. The first-order chi connectivity index (χ1) is 15.9. The molecule has 1 aliphatic rings. The van der Waals surface area contributed by atoms with Gasteiger partial charge in [-0.05, 0) is 53.9 Å². The van der Waals surface area contributed by atoms with Gasteiger partial charge in [0.15, 0.2) is 11.5 Å². The number of halogens is 1. The van der Waals surface area contributed by atoms with Gasteiger partial charge < -0.3 is 15.7 Å². The van der Waals surface area contributed by atoms with E-state index in [1.165, 1.54) is 6.92 Å². The van der Waals surface area contributed by atoms with Gasteiger partial charge in [-0.25, -0.2) is 14.6 Å². The molecule has 1 aliphatic heterocycles. The Hall–Kier alpha value is -3.31. The standard InChI is InChI=1S/C22H23BrN8O2/c1-13(32)22(33)29-9-5-14(6-10-29)19-18(23)20(24)31-21(28-19)16(12-27-31)15-3-4-17(25-11-15)30-8-2-7-26-30/h2-4,7-8,11-14,32H,5-6,9-10,24H2,1H3/t13-/m1/s1. The Bertz CT molecular complexity index is 1290. The van der Waals surface area contributed by atoms with Crippen molar-refractivity contribution in [3.8, 4) is 16.9 Å². The van der Waals surface area contributed by atoms with E-state index in [9.17, 15) is 9.90 Å². The summed E-state index contributed by atoms with van der Waals surface area (Å²) >= 11 is 3.61. The SMILES string of the molecule is C[C@@H](O)C(=O)N1CCC(c2nc3c(-c4ccc(-n5cccn5)nc4)cnn3c(N)c2Br)CC1. The van der Waals surface area contributed by atoms with E-state index < -0.39 is 6.10 Å². The number of aliphatic hydroxyl groups excluding tert-OH is 1. The monoisotopic (exact) mass is 510 g/mol. The van der Waals surface area contributed by atoms with Crippen LogP contribution in [0.2, 0.25) is 0 Å². The molecule has 170 valence electrons. The lowest BCUT2D eigenvalue weighted by atomic mass is 9.93. The Balaban J connectivity index is 1.47. The van der Waals surface area contributed by atoms with Gasteiger partial charge in [-0.15, -0.1) is 0 Å². The van der Waals surface area contributed by atoms with Crippen molar-refractivity contribution in [3.63, 3.8) is 0 Å². The molecule has 5 heterocycles. The van der Waals surface area contributed by atoms with E-state index in [1.807, 2.05) is 24.4 Å². The number of rotatable bonds is 4. The zero-order valence-electron chi connectivity index (χ0n) is 18.0. The number of aromatic nitrogens is 6. The van der Waals surface area contributed by atoms with Gasteiger partial charge in [0.1, 0.15) is 11.9 Å². The molecule has 5 rings (SSSR count). The smallest absolute Gasteiger partial charge is 0.251 e. The van der Waals surface area contributed by atoms with Gasteiger partial charge in [-0.3, -0.25) is 4.79 Å². The number of pyridine rings is 1. The number of likely N-dealkylation sites (tertiary alicyclic amines) is 1. The third-order valence-corrected chi connectivity index (χ3v) is 6.81. The third-order valence-electron chi connectivity index (χ3n) is 6.00. The summed E-state index contributed by atoms with van der Waals surface area (Å²) in [6.07, 6.45) is 7.55. The topological polar surface area (TPSA) is 127 Å². The minimum Gasteiger partial charge on any atom is -0.384 e. The van der Waals surface area contributed by atoms with Crippen molar-refractivity contribution in [1.29, 1.82) is 0 Å². The van der Waals surface area contributed by atoms with Crippen LogP contribution in [-0.4, -0.2) is 64.5 Å². The van der Waals surface area contributed by atoms with Crippen molar-refractivity contribution in [2.24, 2.45) is 0 Å². The van der Waals surface area contributed by atoms with Crippen molar-refractivity contribution in [3.05, 3.63) is 53.2 Å². The van der Waals surface area contributed by atoms with Crippen LogP contribution in [0.5, 0.6) is 0 Å². The average molecular weight is 511 g/mol. The molecule has 10 nitrogen and oxygen atoms in total. The van der Waals surface area contributed by atoms with E-state index in [-0.39, 0.29) is 11.8 Å². The molecule has 0 spiro atoms. The first-order valence-corrected chi connectivity index (χ1v) is 11.5. The minimum absolute atomic E-state index is 0.132. The van der Waals surface area contributed by atoms with Crippen LogP contribution in [0, 0.1) is 0 Å². The van der Waals surface area contributed by atoms with Crippen molar-refractivity contribution in [2.75, 3.05) is 18.8 Å². The number of anilines is 1. The van der Waals surface area contributed by atoms with Gasteiger partial charge in [0.05, 0.1) is 16.4 Å². The molecule has 0 bridgehead atoms. The van der Waals surface area contributed by atoms with Crippen LogP contribution in [0.4, 0.5) is 5.82 Å². The van der Waals surface area contributed by atoms with Crippen LogP contribution >= 0.6 is 15.9 Å². The summed E-state index contributed by atoms with van der Waals surface area (Å²) < 4.78 is 4.04. The summed E-state index contributed by atoms with van der Waals surface area (Å²) in [7, 11) is 0. The number of nitrogens with zero attached hydrogens (tertiary/aromatic N) is 7. The zero-order chi connectivity index (χ0) is 23.1. The predicted molar refractivity (Wildman–Crippen MR) is 126 cm³/mol. The highest BCUT2D eigenvalue weighted by Crippen LogP contribution is 2.37. The number of carbonyl (C=O) groups is 1. The maximum Gasteiger partial charge on any atom is 0.251 e. The number of nitrogens with two attached hydrogens (primary N) is 1. The number of carbonyl (C=O) groups excluding carboxylic acids is 1. The number of amides is 1. The second-order valence-corrected chi connectivity index (χ2v) is 8.91. The molecule has 11 heteroatoms. The predicted octanol–water partition coefficient (Wildman–Crippen LogP) is 2.41. The molecule has 1 atom stereocenters.